The van der Waals surface area contributed by atoms with E-state index in [1.165, 1.54) is 17.3 Å². The molecular formula is C17H15N5O. The maximum Gasteiger partial charge on any atom is 0.261 e. The van der Waals surface area contributed by atoms with E-state index in [4.69, 9.17) is 0 Å². The van der Waals surface area contributed by atoms with E-state index in [-0.39, 0.29) is 12.5 Å². The highest BCUT2D eigenvalue weighted by Crippen LogP contribution is 2.10. The van der Waals surface area contributed by atoms with Crippen molar-refractivity contribution in [3.05, 3.63) is 84.4 Å². The molecule has 0 aliphatic carbocycles. The van der Waals surface area contributed by atoms with Crippen molar-refractivity contribution in [2.75, 3.05) is 0 Å². The van der Waals surface area contributed by atoms with Crippen LogP contribution in [0.2, 0.25) is 0 Å². The number of nitrogens with one attached hydrogen (secondary N) is 1. The van der Waals surface area contributed by atoms with Crippen LogP contribution in [0, 0.1) is 0 Å². The molecule has 0 unspecified atom stereocenters. The molecule has 0 fully saturated rings. The van der Waals surface area contributed by atoms with Gasteiger partial charge in [-0.05, 0) is 0 Å². The summed E-state index contributed by atoms with van der Waals surface area (Å²) in [6.45, 7) is 0.0698. The predicted octanol–water partition coefficient (Wildman–Crippen LogP) is 1.85. The van der Waals surface area contributed by atoms with E-state index in [1.807, 2.05) is 60.7 Å². The Labute approximate surface area is 133 Å². The van der Waals surface area contributed by atoms with Crippen molar-refractivity contribution in [1.29, 1.82) is 0 Å². The number of rotatable bonds is 5. The maximum absolute atomic E-state index is 12.0. The summed E-state index contributed by atoms with van der Waals surface area (Å²) in [6.07, 6.45) is 2.87. The second kappa shape index (κ2) is 7.13. The Kier molecular flexibility index (Phi) is 4.54. The Morgan fingerprint density at radius 2 is 1.61 bits per heavy atom. The average Bonchev–Trinajstić information content (AvgIpc) is 3.10. The van der Waals surface area contributed by atoms with Gasteiger partial charge in [-0.15, -0.1) is 0 Å². The first-order valence-electron chi connectivity index (χ1n) is 7.13. The fraction of sp³-hybridized carbons (Fsp3) is 0.0588. The molecule has 0 spiro atoms. The molecule has 0 radical (unpaired) electrons. The molecule has 114 valence electrons. The topological polar surface area (TPSA) is 72.2 Å². The first-order chi connectivity index (χ1) is 11.3. The second-order valence-electron chi connectivity index (χ2n) is 4.82. The summed E-state index contributed by atoms with van der Waals surface area (Å²) in [7, 11) is 0. The van der Waals surface area contributed by atoms with Gasteiger partial charge in [-0.3, -0.25) is 4.79 Å². The molecule has 6 heteroatoms. The van der Waals surface area contributed by atoms with E-state index in [0.717, 1.165) is 11.1 Å². The van der Waals surface area contributed by atoms with Gasteiger partial charge in [0.2, 0.25) is 0 Å². The molecule has 3 rings (SSSR count). The Morgan fingerprint density at radius 1 is 1.00 bits per heavy atom. The zero-order chi connectivity index (χ0) is 15.9. The normalized spacial score (nSPS) is 10.1. The van der Waals surface area contributed by atoms with Gasteiger partial charge in [0, 0.05) is 11.1 Å². The van der Waals surface area contributed by atoms with Crippen LogP contribution in [0.3, 0.4) is 0 Å². The highest BCUT2D eigenvalue weighted by atomic mass is 16.2. The van der Waals surface area contributed by atoms with Crippen LogP contribution in [0.4, 0.5) is 0 Å². The molecule has 2 aromatic carbocycles. The van der Waals surface area contributed by atoms with Crippen molar-refractivity contribution in [1.82, 2.24) is 20.2 Å². The van der Waals surface area contributed by atoms with Crippen molar-refractivity contribution in [2.24, 2.45) is 5.10 Å². The monoisotopic (exact) mass is 305 g/mol. The summed E-state index contributed by atoms with van der Waals surface area (Å²) in [5, 5.41) is 8.20. The van der Waals surface area contributed by atoms with Crippen molar-refractivity contribution in [2.45, 2.75) is 6.54 Å². The Balaban J connectivity index is 1.82. The summed E-state index contributed by atoms with van der Waals surface area (Å²) in [5.74, 6) is -0.264. The van der Waals surface area contributed by atoms with E-state index in [0.29, 0.717) is 5.71 Å². The molecule has 0 aliphatic heterocycles. The molecule has 1 aromatic heterocycles. The van der Waals surface area contributed by atoms with Gasteiger partial charge >= 0.3 is 0 Å². The number of carbonyl (C=O) groups is 1. The van der Waals surface area contributed by atoms with E-state index in [1.54, 1.807) is 0 Å². The number of nitrogens with zero attached hydrogens (tertiary/aromatic N) is 4. The van der Waals surface area contributed by atoms with E-state index < -0.39 is 0 Å². The molecule has 1 heterocycles. The number of aromatic nitrogens is 3. The summed E-state index contributed by atoms with van der Waals surface area (Å²) in [5.41, 5.74) is 5.15. The standard InChI is InChI=1S/C17H15N5O/c23-16(11-22-13-18-12-19-22)20-21-17(14-7-3-1-4-8-14)15-9-5-2-6-10-15/h1-10,12-13H,11H2,(H,20,23). The smallest absolute Gasteiger partial charge is 0.261 e. The molecule has 1 N–H and O–H groups in total. The third kappa shape index (κ3) is 3.88. The molecule has 6 nitrogen and oxygen atoms in total. The minimum Gasteiger partial charge on any atom is -0.271 e. The Hall–Kier alpha value is -3.28. The molecule has 0 saturated carbocycles. The second-order valence-corrected chi connectivity index (χ2v) is 4.82. The lowest BCUT2D eigenvalue weighted by Crippen LogP contribution is -2.25. The van der Waals surface area contributed by atoms with Gasteiger partial charge in [0.05, 0.1) is 5.71 Å². The highest BCUT2D eigenvalue weighted by molar-refractivity contribution is 6.13. The van der Waals surface area contributed by atoms with Crippen molar-refractivity contribution in [3.63, 3.8) is 0 Å². The van der Waals surface area contributed by atoms with Crippen LogP contribution < -0.4 is 5.43 Å². The number of carbonyl (C=O) groups excluding carboxylic acids is 1. The lowest BCUT2D eigenvalue weighted by Gasteiger charge is -2.08. The van der Waals surface area contributed by atoms with Crippen LogP contribution in [0.5, 0.6) is 0 Å². The molecule has 0 saturated heterocycles. The van der Waals surface area contributed by atoms with Gasteiger partial charge in [-0.1, -0.05) is 60.7 Å². The summed E-state index contributed by atoms with van der Waals surface area (Å²) in [6, 6.07) is 19.4. The van der Waals surface area contributed by atoms with Crippen LogP contribution in [0.15, 0.2) is 78.4 Å². The number of benzene rings is 2. The first-order valence-corrected chi connectivity index (χ1v) is 7.13. The SMILES string of the molecule is O=C(Cn1cncn1)NN=C(c1ccccc1)c1ccccc1. The van der Waals surface area contributed by atoms with Crippen LogP contribution in [0.1, 0.15) is 11.1 Å². The third-order valence-electron chi connectivity index (χ3n) is 3.16. The lowest BCUT2D eigenvalue weighted by atomic mass is 10.0. The van der Waals surface area contributed by atoms with E-state index >= 15 is 0 Å². The molecule has 0 atom stereocenters. The van der Waals surface area contributed by atoms with Gasteiger partial charge in [0.25, 0.3) is 5.91 Å². The Bertz CT molecular complexity index is 741. The van der Waals surface area contributed by atoms with Crippen LogP contribution in [-0.2, 0) is 11.3 Å². The largest absolute Gasteiger partial charge is 0.271 e. The van der Waals surface area contributed by atoms with Gasteiger partial charge in [-0.25, -0.2) is 15.1 Å². The third-order valence-corrected chi connectivity index (χ3v) is 3.16. The highest BCUT2D eigenvalue weighted by Gasteiger charge is 2.08. The van der Waals surface area contributed by atoms with Crippen LogP contribution >= 0.6 is 0 Å². The fourth-order valence-corrected chi connectivity index (χ4v) is 2.10. The number of hydrazone groups is 1. The summed E-state index contributed by atoms with van der Waals surface area (Å²) >= 11 is 0. The molecule has 1 amide bonds. The van der Waals surface area contributed by atoms with Crippen LogP contribution in [-0.4, -0.2) is 26.4 Å². The molecule has 0 aliphatic rings. The van der Waals surface area contributed by atoms with E-state index in [9.17, 15) is 4.79 Å². The van der Waals surface area contributed by atoms with Gasteiger partial charge in [-0.2, -0.15) is 10.2 Å². The van der Waals surface area contributed by atoms with Crippen molar-refractivity contribution < 1.29 is 4.79 Å². The van der Waals surface area contributed by atoms with Crippen molar-refractivity contribution in [3.8, 4) is 0 Å². The molecule has 0 bridgehead atoms. The Morgan fingerprint density at radius 3 is 2.13 bits per heavy atom. The quantitative estimate of drug-likeness (QED) is 0.577. The molecular weight excluding hydrogens is 290 g/mol. The van der Waals surface area contributed by atoms with Gasteiger partial charge < -0.3 is 0 Å². The minimum absolute atomic E-state index is 0.0698. The first kappa shape index (κ1) is 14.6. The molecule has 3 aromatic rings. The zero-order valence-electron chi connectivity index (χ0n) is 12.3. The van der Waals surface area contributed by atoms with Gasteiger partial charge in [0.15, 0.2) is 0 Å². The number of amides is 1. The average molecular weight is 305 g/mol. The zero-order valence-corrected chi connectivity index (χ0v) is 12.3. The minimum atomic E-state index is -0.264. The van der Waals surface area contributed by atoms with Crippen LogP contribution in [0.25, 0.3) is 0 Å². The predicted molar refractivity (Wildman–Crippen MR) is 86.7 cm³/mol. The molecule has 23 heavy (non-hydrogen) atoms. The summed E-state index contributed by atoms with van der Waals surface area (Å²) in [4.78, 5) is 15.8. The number of hydrogen-bond donors (Lipinski definition) is 1. The van der Waals surface area contributed by atoms with Gasteiger partial charge in [0.1, 0.15) is 19.2 Å². The number of hydrogen-bond acceptors (Lipinski definition) is 4. The van der Waals surface area contributed by atoms with Crippen molar-refractivity contribution >= 4 is 11.6 Å². The fourth-order valence-electron chi connectivity index (χ4n) is 2.10. The summed E-state index contributed by atoms with van der Waals surface area (Å²) < 4.78 is 1.44. The maximum atomic E-state index is 12.0. The lowest BCUT2D eigenvalue weighted by molar-refractivity contribution is -0.121. The van der Waals surface area contributed by atoms with E-state index in [2.05, 4.69) is 20.6 Å².